The molecule has 0 amide bonds. The number of nitrogens with one attached hydrogen (secondary N) is 1. The highest BCUT2D eigenvalue weighted by Crippen LogP contribution is 2.21. The first-order valence-electron chi connectivity index (χ1n) is 6.57. The molecule has 0 spiro atoms. The number of para-hydroxylation sites is 1. The van der Waals surface area contributed by atoms with Gasteiger partial charge in [-0.3, -0.25) is 4.98 Å². The van der Waals surface area contributed by atoms with E-state index in [0.29, 0.717) is 12.1 Å². The zero-order valence-corrected chi connectivity index (χ0v) is 11.2. The molecule has 0 aliphatic rings. The molecule has 1 N–H and O–H groups in total. The third kappa shape index (κ3) is 2.48. The maximum absolute atomic E-state index is 13.7. The quantitative estimate of drug-likeness (QED) is 0.764. The molecule has 3 aromatic rings. The molecule has 0 bridgehead atoms. The van der Waals surface area contributed by atoms with E-state index in [0.717, 1.165) is 22.2 Å². The Morgan fingerprint density at radius 2 is 1.95 bits per heavy atom. The van der Waals surface area contributed by atoms with Gasteiger partial charge in [0.25, 0.3) is 0 Å². The molecule has 3 rings (SSSR count). The van der Waals surface area contributed by atoms with Crippen LogP contribution in [0.4, 0.5) is 10.1 Å². The minimum Gasteiger partial charge on any atom is -0.379 e. The molecule has 0 atom stereocenters. The van der Waals surface area contributed by atoms with Crippen LogP contribution in [0.3, 0.4) is 0 Å². The van der Waals surface area contributed by atoms with E-state index in [1.807, 2.05) is 43.3 Å². The van der Waals surface area contributed by atoms with Gasteiger partial charge in [-0.15, -0.1) is 0 Å². The molecule has 1 heterocycles. The van der Waals surface area contributed by atoms with Gasteiger partial charge in [0.2, 0.25) is 0 Å². The first-order valence-corrected chi connectivity index (χ1v) is 6.57. The average molecular weight is 266 g/mol. The Morgan fingerprint density at radius 1 is 1.10 bits per heavy atom. The topological polar surface area (TPSA) is 24.9 Å². The highest BCUT2D eigenvalue weighted by atomic mass is 19.1. The highest BCUT2D eigenvalue weighted by Gasteiger charge is 2.04. The molecule has 0 aliphatic carbocycles. The smallest absolute Gasteiger partial charge is 0.128 e. The van der Waals surface area contributed by atoms with Crippen molar-refractivity contribution in [2.75, 3.05) is 5.32 Å². The van der Waals surface area contributed by atoms with Crippen LogP contribution in [0.25, 0.3) is 10.9 Å². The van der Waals surface area contributed by atoms with Crippen molar-refractivity contribution in [1.82, 2.24) is 4.98 Å². The van der Waals surface area contributed by atoms with Gasteiger partial charge in [0.15, 0.2) is 0 Å². The molecule has 2 aromatic carbocycles. The third-order valence-electron chi connectivity index (χ3n) is 3.30. The van der Waals surface area contributed by atoms with E-state index in [1.165, 1.54) is 6.07 Å². The number of hydrogen-bond acceptors (Lipinski definition) is 2. The van der Waals surface area contributed by atoms with Gasteiger partial charge in [-0.05, 0) is 25.1 Å². The van der Waals surface area contributed by atoms with Gasteiger partial charge < -0.3 is 5.32 Å². The maximum atomic E-state index is 13.7. The Bertz CT molecular complexity index is 748. The van der Waals surface area contributed by atoms with Crippen molar-refractivity contribution in [1.29, 1.82) is 0 Å². The van der Waals surface area contributed by atoms with Crippen molar-refractivity contribution in [3.63, 3.8) is 0 Å². The van der Waals surface area contributed by atoms with E-state index in [1.54, 1.807) is 12.3 Å². The summed E-state index contributed by atoms with van der Waals surface area (Å²) in [4.78, 5) is 4.38. The van der Waals surface area contributed by atoms with Gasteiger partial charge in [-0.25, -0.2) is 4.39 Å². The number of rotatable bonds is 3. The molecule has 0 fully saturated rings. The largest absolute Gasteiger partial charge is 0.379 e. The normalized spacial score (nSPS) is 10.7. The lowest BCUT2D eigenvalue weighted by Gasteiger charge is -2.10. The molecule has 100 valence electrons. The van der Waals surface area contributed by atoms with E-state index >= 15 is 0 Å². The fourth-order valence-corrected chi connectivity index (χ4v) is 2.28. The second-order valence-corrected chi connectivity index (χ2v) is 4.83. The summed E-state index contributed by atoms with van der Waals surface area (Å²) < 4.78 is 13.7. The van der Waals surface area contributed by atoms with Crippen molar-refractivity contribution < 1.29 is 4.39 Å². The van der Waals surface area contributed by atoms with Gasteiger partial charge in [0, 0.05) is 23.7 Å². The van der Waals surface area contributed by atoms with Crippen LogP contribution in [0.5, 0.6) is 0 Å². The summed E-state index contributed by atoms with van der Waals surface area (Å²) >= 11 is 0. The zero-order chi connectivity index (χ0) is 13.9. The monoisotopic (exact) mass is 266 g/mol. The second kappa shape index (κ2) is 5.29. The van der Waals surface area contributed by atoms with Crippen LogP contribution in [-0.2, 0) is 6.54 Å². The Morgan fingerprint density at radius 3 is 2.85 bits per heavy atom. The minimum absolute atomic E-state index is 0.184. The number of halogens is 1. The molecule has 0 aliphatic heterocycles. The summed E-state index contributed by atoms with van der Waals surface area (Å²) in [5, 5.41) is 4.34. The Kier molecular flexibility index (Phi) is 3.33. The number of aromatic nitrogens is 1. The molecule has 2 nitrogen and oxygen atoms in total. The van der Waals surface area contributed by atoms with E-state index in [2.05, 4.69) is 10.3 Å². The molecule has 0 unspecified atom stereocenters. The molecule has 0 saturated carbocycles. The Balaban J connectivity index is 1.89. The first-order chi connectivity index (χ1) is 9.74. The minimum atomic E-state index is -0.184. The summed E-state index contributed by atoms with van der Waals surface area (Å²) in [5.74, 6) is -0.184. The van der Waals surface area contributed by atoms with Gasteiger partial charge >= 0.3 is 0 Å². The number of pyridine rings is 1. The SMILES string of the molecule is Cc1ccc(F)c(CNc2cccc3cccnc23)c1. The zero-order valence-electron chi connectivity index (χ0n) is 11.2. The fraction of sp³-hybridized carbons (Fsp3) is 0.118. The molecule has 0 radical (unpaired) electrons. The number of anilines is 1. The third-order valence-corrected chi connectivity index (χ3v) is 3.30. The van der Waals surface area contributed by atoms with E-state index in [9.17, 15) is 4.39 Å². The van der Waals surface area contributed by atoms with Crippen molar-refractivity contribution in [3.05, 3.63) is 71.7 Å². The molecular weight excluding hydrogens is 251 g/mol. The summed E-state index contributed by atoms with van der Waals surface area (Å²) in [7, 11) is 0. The number of nitrogens with zero attached hydrogens (tertiary/aromatic N) is 1. The first kappa shape index (κ1) is 12.6. The summed E-state index contributed by atoms with van der Waals surface area (Å²) in [6, 6.07) is 15.0. The predicted molar refractivity (Wildman–Crippen MR) is 80.2 cm³/mol. The van der Waals surface area contributed by atoms with Crippen molar-refractivity contribution in [3.8, 4) is 0 Å². The summed E-state index contributed by atoms with van der Waals surface area (Å²) in [5.41, 5.74) is 3.55. The lowest BCUT2D eigenvalue weighted by atomic mass is 10.1. The van der Waals surface area contributed by atoms with E-state index in [-0.39, 0.29) is 5.82 Å². The maximum Gasteiger partial charge on any atom is 0.128 e. The average Bonchev–Trinajstić information content (AvgIpc) is 2.48. The summed E-state index contributed by atoms with van der Waals surface area (Å²) in [6.45, 7) is 2.41. The number of aryl methyl sites for hydroxylation is 1. The predicted octanol–water partition coefficient (Wildman–Crippen LogP) is 4.29. The standard InChI is InChI=1S/C17H15FN2/c1-12-7-8-15(18)14(10-12)11-20-16-6-2-4-13-5-3-9-19-17(13)16/h2-10,20H,11H2,1H3. The van der Waals surface area contributed by atoms with E-state index in [4.69, 9.17) is 0 Å². The highest BCUT2D eigenvalue weighted by molar-refractivity contribution is 5.90. The van der Waals surface area contributed by atoms with Crippen LogP contribution in [0.15, 0.2) is 54.7 Å². The number of fused-ring (bicyclic) bond motifs is 1. The van der Waals surface area contributed by atoms with Gasteiger partial charge in [-0.1, -0.05) is 35.9 Å². The Hall–Kier alpha value is -2.42. The molecule has 20 heavy (non-hydrogen) atoms. The Labute approximate surface area is 117 Å². The molecule has 3 heteroatoms. The van der Waals surface area contributed by atoms with E-state index < -0.39 is 0 Å². The van der Waals surface area contributed by atoms with Crippen LogP contribution in [-0.4, -0.2) is 4.98 Å². The number of hydrogen-bond donors (Lipinski definition) is 1. The molecule has 1 aromatic heterocycles. The molecule has 0 saturated heterocycles. The van der Waals surface area contributed by atoms with Gasteiger partial charge in [0.1, 0.15) is 5.82 Å². The lowest BCUT2D eigenvalue weighted by Crippen LogP contribution is -2.03. The van der Waals surface area contributed by atoms with Crippen LogP contribution < -0.4 is 5.32 Å². The lowest BCUT2D eigenvalue weighted by molar-refractivity contribution is 0.612. The van der Waals surface area contributed by atoms with Crippen molar-refractivity contribution in [2.24, 2.45) is 0 Å². The van der Waals surface area contributed by atoms with Gasteiger partial charge in [-0.2, -0.15) is 0 Å². The molecular formula is C17H15FN2. The second-order valence-electron chi connectivity index (χ2n) is 4.83. The van der Waals surface area contributed by atoms with Crippen LogP contribution in [0.1, 0.15) is 11.1 Å². The fourth-order valence-electron chi connectivity index (χ4n) is 2.28. The van der Waals surface area contributed by atoms with Crippen LogP contribution in [0, 0.1) is 12.7 Å². The van der Waals surface area contributed by atoms with Crippen LogP contribution in [0.2, 0.25) is 0 Å². The van der Waals surface area contributed by atoms with Crippen molar-refractivity contribution in [2.45, 2.75) is 13.5 Å². The van der Waals surface area contributed by atoms with Crippen LogP contribution >= 0.6 is 0 Å². The summed E-state index contributed by atoms with van der Waals surface area (Å²) in [6.07, 6.45) is 1.76. The number of benzene rings is 2. The van der Waals surface area contributed by atoms with Gasteiger partial charge in [0.05, 0.1) is 11.2 Å². The van der Waals surface area contributed by atoms with Crippen molar-refractivity contribution >= 4 is 16.6 Å².